The Balaban J connectivity index is 1.09. The largest absolute Gasteiger partial charge is 0.377 e. The first-order valence-corrected chi connectivity index (χ1v) is 17.9. The number of hydrogen-bond acceptors (Lipinski definition) is 8. The Morgan fingerprint density at radius 1 is 1.14 bits per heavy atom. The Morgan fingerprint density at radius 2 is 1.91 bits per heavy atom. The van der Waals surface area contributed by atoms with Gasteiger partial charge in [0.25, 0.3) is 0 Å². The molecule has 3 N–H and O–H groups in total. The van der Waals surface area contributed by atoms with E-state index in [1.54, 1.807) is 28.8 Å². The number of rotatable bonds is 13. The van der Waals surface area contributed by atoms with Crippen LogP contribution >= 0.6 is 34.4 Å². The number of aromatic nitrogens is 3. The fraction of sp³-hybridized carbons (Fsp3) is 0.500. The smallest absolute Gasteiger partial charge is 0.315 e. The van der Waals surface area contributed by atoms with Crippen molar-refractivity contribution < 1.29 is 18.0 Å². The molecule has 232 valence electrons. The van der Waals surface area contributed by atoms with Gasteiger partial charge in [-0.25, -0.2) is 22.6 Å². The van der Waals surface area contributed by atoms with Gasteiger partial charge in [-0.05, 0) is 47.6 Å². The minimum Gasteiger partial charge on any atom is -0.377 e. The highest BCUT2D eigenvalue weighted by Crippen LogP contribution is 2.33. The second kappa shape index (κ2) is 13.6. The van der Waals surface area contributed by atoms with E-state index >= 15 is 0 Å². The fourth-order valence-electron chi connectivity index (χ4n) is 5.60. The molecule has 3 atom stereocenters. The van der Waals surface area contributed by atoms with Crippen LogP contribution in [0.5, 0.6) is 0 Å². The third-order valence-corrected chi connectivity index (χ3v) is 12.1. The Morgan fingerprint density at radius 3 is 2.70 bits per heavy atom. The first-order valence-electron chi connectivity index (χ1n) is 14.2. The van der Waals surface area contributed by atoms with Crippen LogP contribution in [0.1, 0.15) is 31.4 Å². The van der Waals surface area contributed by atoms with Gasteiger partial charge in [-0.3, -0.25) is 4.79 Å². The van der Waals surface area contributed by atoms with Crippen LogP contribution in [0.3, 0.4) is 0 Å². The average molecular weight is 739 g/mol. The second-order valence-electron chi connectivity index (χ2n) is 11.1. The number of hydrogen-bond donors (Lipinski definition) is 3. The monoisotopic (exact) mass is 738 g/mol. The molecule has 3 aromatic rings. The number of urea groups is 1. The Labute approximate surface area is 269 Å². The van der Waals surface area contributed by atoms with E-state index in [-0.39, 0.29) is 35.5 Å². The summed E-state index contributed by atoms with van der Waals surface area (Å²) < 4.78 is 31.6. The van der Waals surface area contributed by atoms with Gasteiger partial charge in [-0.1, -0.05) is 35.9 Å². The van der Waals surface area contributed by atoms with Crippen molar-refractivity contribution >= 4 is 72.8 Å². The van der Waals surface area contributed by atoms with Gasteiger partial charge in [0.1, 0.15) is 9.39 Å². The predicted octanol–water partition coefficient (Wildman–Crippen LogP) is 2.76. The fourth-order valence-corrected chi connectivity index (χ4v) is 9.00. The molecule has 43 heavy (non-hydrogen) atoms. The van der Waals surface area contributed by atoms with Crippen molar-refractivity contribution in [3.63, 3.8) is 0 Å². The van der Waals surface area contributed by atoms with E-state index in [0.29, 0.717) is 35.8 Å². The molecule has 0 bridgehead atoms. The van der Waals surface area contributed by atoms with E-state index in [0.717, 1.165) is 39.8 Å². The molecule has 3 amide bonds. The van der Waals surface area contributed by atoms with Crippen molar-refractivity contribution in [1.82, 2.24) is 35.2 Å². The van der Waals surface area contributed by atoms with E-state index in [9.17, 15) is 18.0 Å². The van der Waals surface area contributed by atoms with Gasteiger partial charge >= 0.3 is 6.03 Å². The van der Waals surface area contributed by atoms with Crippen molar-refractivity contribution in [3.05, 3.63) is 45.8 Å². The highest BCUT2D eigenvalue weighted by molar-refractivity contribution is 14.1. The molecule has 5 rings (SSSR count). The van der Waals surface area contributed by atoms with E-state index in [1.807, 2.05) is 55.0 Å². The van der Waals surface area contributed by atoms with Crippen molar-refractivity contribution in [2.24, 2.45) is 0 Å². The van der Waals surface area contributed by atoms with E-state index < -0.39 is 10.0 Å². The summed E-state index contributed by atoms with van der Waals surface area (Å²) in [6.07, 6.45) is 3.13. The molecule has 15 heteroatoms. The predicted molar refractivity (Wildman–Crippen MR) is 177 cm³/mol. The summed E-state index contributed by atoms with van der Waals surface area (Å²) in [5.41, 5.74) is 1.62. The summed E-state index contributed by atoms with van der Waals surface area (Å²) in [6.45, 7) is 0.764. The summed E-state index contributed by atoms with van der Waals surface area (Å²) in [4.78, 5) is 28.2. The van der Waals surface area contributed by atoms with Crippen LogP contribution in [-0.2, 0) is 27.9 Å². The molecule has 0 saturated carbocycles. The number of nitrogens with zero attached hydrogens (tertiary/aromatic N) is 5. The van der Waals surface area contributed by atoms with Gasteiger partial charge in [0.05, 0.1) is 30.1 Å². The lowest BCUT2D eigenvalue weighted by atomic mass is 10.0. The van der Waals surface area contributed by atoms with Gasteiger partial charge in [0.2, 0.25) is 15.9 Å². The summed E-state index contributed by atoms with van der Waals surface area (Å²) in [6, 6.07) is 11.3. The van der Waals surface area contributed by atoms with Gasteiger partial charge in [-0.15, -0.1) is 5.10 Å². The van der Waals surface area contributed by atoms with Crippen LogP contribution in [0.4, 0.5) is 10.5 Å². The maximum atomic E-state index is 13.2. The van der Waals surface area contributed by atoms with Gasteiger partial charge in [0, 0.05) is 61.6 Å². The molecule has 3 heterocycles. The van der Waals surface area contributed by atoms with Gasteiger partial charge in [-0.2, -0.15) is 11.8 Å². The zero-order valence-corrected chi connectivity index (χ0v) is 28.2. The minimum absolute atomic E-state index is 0.0402. The lowest BCUT2D eigenvalue weighted by Crippen LogP contribution is -2.36. The molecular weight excluding hydrogens is 701 g/mol. The standard InChI is InChI=1S/C28H37IN8O4S2/c1-35(2)22-10-6-9-19-18(22)8-7-12-24(19)43(40,41)30-14-15-37-27(29)20(33-34-37)16-36(3)25(38)13-5-4-11-23-26-21(17-42-23)31-28(39)32-26/h6-10,12,21,23,26,30H,4-5,11,13-17H2,1-3H3,(H2,31,32,39)/t21-,23-,26-/m0/s1/i29-2. The molecule has 12 nitrogen and oxygen atoms in total. The number of sulfonamides is 1. The first-order chi connectivity index (χ1) is 20.5. The normalized spacial score (nSPS) is 19.7. The number of amides is 3. The van der Waals surface area contributed by atoms with Crippen molar-refractivity contribution in [3.8, 4) is 0 Å². The summed E-state index contributed by atoms with van der Waals surface area (Å²) in [7, 11) is 1.85. The second-order valence-corrected chi connectivity index (χ2v) is 15.1. The maximum Gasteiger partial charge on any atom is 0.315 e. The third kappa shape index (κ3) is 7.20. The van der Waals surface area contributed by atoms with Crippen molar-refractivity contribution in [1.29, 1.82) is 0 Å². The highest BCUT2D eigenvalue weighted by atomic mass is 125. The van der Waals surface area contributed by atoms with Crippen LogP contribution < -0.4 is 20.3 Å². The first kappa shape index (κ1) is 31.8. The summed E-state index contributed by atoms with van der Waals surface area (Å²) in [5, 5.41) is 16.3. The highest BCUT2D eigenvalue weighted by Gasteiger charge is 2.42. The number of benzene rings is 2. The van der Waals surface area contributed by atoms with Crippen LogP contribution in [0, 0.1) is 3.70 Å². The molecule has 2 aromatic carbocycles. The SMILES string of the molecule is CN(Cc1nnn(CCNS(=O)(=O)c2cccc3c(N(C)C)cccc23)c1[125I])C(=O)CCCC[C@@H]1SC[C@@H]2NC(=O)N[C@@H]21. The van der Waals surface area contributed by atoms with E-state index in [4.69, 9.17) is 0 Å². The number of nitrogens with one attached hydrogen (secondary N) is 3. The summed E-state index contributed by atoms with van der Waals surface area (Å²) >= 11 is 4.02. The number of fused-ring (bicyclic) bond motifs is 2. The molecule has 2 saturated heterocycles. The van der Waals surface area contributed by atoms with Crippen LogP contribution in [0.25, 0.3) is 10.8 Å². The van der Waals surface area contributed by atoms with Gasteiger partial charge < -0.3 is 20.4 Å². The molecule has 0 aliphatic carbocycles. The number of unbranched alkanes of at least 4 members (excludes halogenated alkanes) is 1. The van der Waals surface area contributed by atoms with Crippen molar-refractivity contribution in [2.45, 2.75) is 61.0 Å². The molecule has 2 fully saturated rings. The number of anilines is 1. The van der Waals surface area contributed by atoms with Gasteiger partial charge in [0.15, 0.2) is 0 Å². The zero-order chi connectivity index (χ0) is 30.7. The quantitative estimate of drug-likeness (QED) is 0.138. The topological polar surface area (TPSA) is 142 Å². The lowest BCUT2D eigenvalue weighted by Gasteiger charge is -2.18. The molecule has 1 aromatic heterocycles. The molecule has 2 aliphatic heterocycles. The third-order valence-electron chi connectivity index (χ3n) is 7.86. The van der Waals surface area contributed by atoms with Crippen molar-refractivity contribution in [2.75, 3.05) is 38.3 Å². The number of thioether (sulfide) groups is 1. The molecule has 0 spiro atoms. The molecule has 0 unspecified atom stereocenters. The number of halogens is 1. The van der Waals surface area contributed by atoms with E-state index in [2.05, 4.69) is 48.3 Å². The maximum absolute atomic E-state index is 13.2. The molecule has 0 radical (unpaired) electrons. The van der Waals surface area contributed by atoms with Crippen LogP contribution in [0.2, 0.25) is 0 Å². The molecule has 2 aliphatic rings. The van der Waals surface area contributed by atoms with Crippen LogP contribution in [0.15, 0.2) is 41.3 Å². The van der Waals surface area contributed by atoms with Crippen LogP contribution in [-0.4, -0.2) is 91.0 Å². The number of carbonyl (C=O) groups is 2. The Bertz CT molecular complexity index is 1600. The Hall–Kier alpha value is -2.63. The lowest BCUT2D eigenvalue weighted by molar-refractivity contribution is -0.130. The zero-order valence-electron chi connectivity index (χ0n) is 24.4. The molecular formula is C28H37IN8O4S2. The van der Waals surface area contributed by atoms with E-state index in [1.165, 1.54) is 0 Å². The number of carbonyl (C=O) groups excluding carboxylic acids is 2. The Kier molecular flexibility index (Phi) is 10.0. The minimum atomic E-state index is -3.77. The average Bonchev–Trinajstić information content (AvgIpc) is 3.64. The summed E-state index contributed by atoms with van der Waals surface area (Å²) in [5.74, 6) is 0.974.